The topological polar surface area (TPSA) is 80.5 Å². The first kappa shape index (κ1) is 21.2. The summed E-state index contributed by atoms with van der Waals surface area (Å²) < 4.78 is 45.6. The number of benzene rings is 2. The minimum absolute atomic E-state index is 0.0853. The molecule has 0 aliphatic carbocycles. The highest BCUT2D eigenvalue weighted by molar-refractivity contribution is 6.31. The molecule has 152 valence electrons. The maximum absolute atomic E-state index is 15.5. The summed E-state index contributed by atoms with van der Waals surface area (Å²) in [5, 5.41) is 5.21. The van der Waals surface area contributed by atoms with Crippen LogP contribution in [0.15, 0.2) is 53.6 Å². The number of halogens is 5. The third kappa shape index (κ3) is 4.55. The highest BCUT2D eigenvalue weighted by atomic mass is 35.5. The lowest BCUT2D eigenvalue weighted by atomic mass is 9.89. The number of alkyl halides is 2. The van der Waals surface area contributed by atoms with E-state index in [0.29, 0.717) is 15.9 Å². The number of fused-ring (bicyclic) bond motifs is 1. The van der Waals surface area contributed by atoms with E-state index in [1.54, 1.807) is 12.1 Å². The van der Waals surface area contributed by atoms with Crippen molar-refractivity contribution in [2.75, 3.05) is 6.54 Å². The number of nitrogens with two attached hydrogens (primary N) is 2. The van der Waals surface area contributed by atoms with Gasteiger partial charge in [-0.1, -0.05) is 35.3 Å². The molecule has 0 amide bonds. The van der Waals surface area contributed by atoms with Gasteiger partial charge in [-0.3, -0.25) is 5.01 Å². The molecule has 1 atom stereocenters. The molecule has 5 nitrogen and oxygen atoms in total. The Morgan fingerprint density at radius 1 is 1.10 bits per heavy atom. The van der Waals surface area contributed by atoms with E-state index in [-0.39, 0.29) is 10.6 Å². The van der Waals surface area contributed by atoms with Gasteiger partial charge in [0.05, 0.1) is 11.4 Å². The Morgan fingerprint density at radius 3 is 2.48 bits per heavy atom. The summed E-state index contributed by atoms with van der Waals surface area (Å²) in [7, 11) is 0. The number of nitrogens with zero attached hydrogens (tertiary/aromatic N) is 3. The second-order valence-corrected chi connectivity index (χ2v) is 7.21. The average Bonchev–Trinajstić information content (AvgIpc) is 2.66. The van der Waals surface area contributed by atoms with E-state index in [1.165, 1.54) is 30.3 Å². The van der Waals surface area contributed by atoms with Crippen molar-refractivity contribution in [3.8, 4) is 0 Å². The predicted molar refractivity (Wildman–Crippen MR) is 108 cm³/mol. The number of hydrazine groups is 1. The first-order valence-electron chi connectivity index (χ1n) is 8.36. The molecule has 0 bridgehead atoms. The summed E-state index contributed by atoms with van der Waals surface area (Å²) in [6, 6.07) is 10.8. The molecule has 29 heavy (non-hydrogen) atoms. The number of pyridine rings is 1. The van der Waals surface area contributed by atoms with Gasteiger partial charge in [-0.05, 0) is 42.0 Å². The normalized spacial score (nSPS) is 13.2. The molecule has 0 aliphatic heterocycles. The molecule has 4 N–H and O–H groups in total. The van der Waals surface area contributed by atoms with Crippen molar-refractivity contribution in [3.05, 3.63) is 75.7 Å². The maximum atomic E-state index is 15.5. The van der Waals surface area contributed by atoms with Crippen molar-refractivity contribution >= 4 is 40.4 Å². The van der Waals surface area contributed by atoms with Gasteiger partial charge < -0.3 is 5.84 Å². The molecule has 2 aromatic carbocycles. The molecule has 0 radical (unpaired) electrons. The third-order valence-corrected chi connectivity index (χ3v) is 4.85. The molecule has 0 fully saturated rings. The van der Waals surface area contributed by atoms with E-state index in [9.17, 15) is 4.39 Å². The molecule has 0 saturated carbocycles. The second kappa shape index (κ2) is 8.44. The summed E-state index contributed by atoms with van der Waals surface area (Å²) in [4.78, 5) is 4.06. The number of hydrazone groups is 1. The molecule has 1 aromatic heterocycles. The van der Waals surface area contributed by atoms with Crippen molar-refractivity contribution < 1.29 is 13.2 Å². The molecule has 0 aliphatic rings. The molecule has 3 rings (SSSR count). The fourth-order valence-corrected chi connectivity index (χ4v) is 3.34. The lowest BCUT2D eigenvalue weighted by molar-refractivity contribution is -0.0440. The number of rotatable bonds is 6. The van der Waals surface area contributed by atoms with Crippen LogP contribution < -0.4 is 11.7 Å². The van der Waals surface area contributed by atoms with Crippen molar-refractivity contribution in [3.63, 3.8) is 0 Å². The second-order valence-electron chi connectivity index (χ2n) is 6.34. The van der Waals surface area contributed by atoms with E-state index >= 15 is 8.78 Å². The third-order valence-electron chi connectivity index (χ3n) is 4.38. The monoisotopic (exact) mass is 441 g/mol. The van der Waals surface area contributed by atoms with Crippen molar-refractivity contribution in [2.45, 2.75) is 11.8 Å². The zero-order valence-electron chi connectivity index (χ0n) is 14.9. The minimum atomic E-state index is -3.58. The SMILES string of the molecule is N/N=C\N(N)CC(c1ccc(Cl)cc1F)C(F)(F)c1ccc2cc(Cl)ccc2n1. The van der Waals surface area contributed by atoms with E-state index < -0.39 is 29.9 Å². The van der Waals surface area contributed by atoms with Crippen molar-refractivity contribution in [1.29, 1.82) is 0 Å². The first-order valence-corrected chi connectivity index (χ1v) is 9.12. The van der Waals surface area contributed by atoms with Crippen LogP contribution in [-0.4, -0.2) is 22.9 Å². The summed E-state index contributed by atoms with van der Waals surface area (Å²) in [5.41, 5.74) is -0.474. The van der Waals surface area contributed by atoms with Crippen LogP contribution in [0.4, 0.5) is 13.2 Å². The van der Waals surface area contributed by atoms with Gasteiger partial charge in [-0.25, -0.2) is 15.2 Å². The van der Waals surface area contributed by atoms with E-state index in [0.717, 1.165) is 17.4 Å². The van der Waals surface area contributed by atoms with Crippen LogP contribution in [0.1, 0.15) is 17.2 Å². The highest BCUT2D eigenvalue weighted by Gasteiger charge is 2.45. The zero-order valence-corrected chi connectivity index (χ0v) is 16.4. The van der Waals surface area contributed by atoms with E-state index in [2.05, 4.69) is 10.1 Å². The molecule has 10 heteroatoms. The zero-order chi connectivity index (χ0) is 21.2. The Kier molecular flexibility index (Phi) is 6.16. The maximum Gasteiger partial charge on any atom is 0.298 e. The van der Waals surface area contributed by atoms with Gasteiger partial charge in [0, 0.05) is 22.0 Å². The van der Waals surface area contributed by atoms with Crippen LogP contribution in [0.3, 0.4) is 0 Å². The Balaban J connectivity index is 2.10. The van der Waals surface area contributed by atoms with Gasteiger partial charge in [-0.2, -0.15) is 13.9 Å². The van der Waals surface area contributed by atoms with Gasteiger partial charge in [-0.15, -0.1) is 0 Å². The van der Waals surface area contributed by atoms with Crippen LogP contribution in [0.5, 0.6) is 0 Å². The smallest absolute Gasteiger partial charge is 0.298 e. The quantitative estimate of drug-likeness (QED) is 0.253. The van der Waals surface area contributed by atoms with Crippen LogP contribution in [-0.2, 0) is 5.92 Å². The Bertz CT molecular complexity index is 1060. The van der Waals surface area contributed by atoms with Gasteiger partial charge >= 0.3 is 0 Å². The number of hydrogen-bond donors (Lipinski definition) is 2. The first-order chi connectivity index (χ1) is 13.7. The fourth-order valence-electron chi connectivity index (χ4n) is 3.00. The Labute approximate surface area is 174 Å². The van der Waals surface area contributed by atoms with E-state index in [4.69, 9.17) is 34.9 Å². The summed E-state index contributed by atoms with van der Waals surface area (Å²) in [6.45, 7) is -0.480. The summed E-state index contributed by atoms with van der Waals surface area (Å²) in [5.74, 6) is 4.55. The predicted octanol–water partition coefficient (Wildman–Crippen LogP) is 4.63. The van der Waals surface area contributed by atoms with Crippen molar-refractivity contribution in [1.82, 2.24) is 9.99 Å². The fraction of sp³-hybridized carbons (Fsp3) is 0.158. The van der Waals surface area contributed by atoms with Gasteiger partial charge in [0.25, 0.3) is 5.92 Å². The van der Waals surface area contributed by atoms with Crippen LogP contribution in [0, 0.1) is 5.82 Å². The van der Waals surface area contributed by atoms with Crippen LogP contribution in [0.25, 0.3) is 10.9 Å². The Morgan fingerprint density at radius 2 is 1.79 bits per heavy atom. The van der Waals surface area contributed by atoms with Gasteiger partial charge in [0.15, 0.2) is 0 Å². The minimum Gasteiger partial charge on any atom is -0.322 e. The van der Waals surface area contributed by atoms with Crippen LogP contribution >= 0.6 is 23.2 Å². The lowest BCUT2D eigenvalue weighted by Gasteiger charge is -2.30. The summed E-state index contributed by atoms with van der Waals surface area (Å²) >= 11 is 11.7. The average molecular weight is 442 g/mol. The van der Waals surface area contributed by atoms with Gasteiger partial charge in [0.2, 0.25) is 0 Å². The van der Waals surface area contributed by atoms with Crippen LogP contribution in [0.2, 0.25) is 10.0 Å². The molecular weight excluding hydrogens is 426 g/mol. The summed E-state index contributed by atoms with van der Waals surface area (Å²) in [6.07, 6.45) is 0.965. The molecular formula is C19H16Cl2F3N5. The molecule has 3 aromatic rings. The van der Waals surface area contributed by atoms with E-state index in [1.807, 2.05) is 0 Å². The number of aromatic nitrogens is 1. The lowest BCUT2D eigenvalue weighted by Crippen LogP contribution is -2.40. The number of hydrogen-bond acceptors (Lipinski definition) is 4. The van der Waals surface area contributed by atoms with Gasteiger partial charge in [0.1, 0.15) is 17.8 Å². The standard InChI is InChI=1S/C19H16Cl2F3N5/c20-12-3-5-17-11(7-12)1-6-18(28-17)19(23,24)15(9-29(26)10-27-25)14-4-2-13(21)8-16(14)22/h1-8,10,15H,9,25-26H2/b27-10-. The largest absolute Gasteiger partial charge is 0.322 e. The van der Waals surface area contributed by atoms with Crippen molar-refractivity contribution in [2.24, 2.45) is 16.8 Å². The molecule has 0 saturated heterocycles. The molecule has 1 heterocycles. The Hall–Kier alpha value is -2.55. The molecule has 1 unspecified atom stereocenters. The molecule has 0 spiro atoms. The highest BCUT2D eigenvalue weighted by Crippen LogP contribution is 2.43.